The van der Waals surface area contributed by atoms with E-state index in [1.807, 2.05) is 19.2 Å². The number of anilines is 1. The predicted octanol–water partition coefficient (Wildman–Crippen LogP) is 3.31. The van der Waals surface area contributed by atoms with Gasteiger partial charge in [-0.25, -0.2) is 0 Å². The Morgan fingerprint density at radius 1 is 1.04 bits per heavy atom. The first-order valence-corrected chi connectivity index (χ1v) is 11.2. The zero-order valence-electron chi connectivity index (χ0n) is 17.4. The summed E-state index contributed by atoms with van der Waals surface area (Å²) >= 11 is 0. The molecule has 0 atom stereocenters. The second-order valence-electron chi connectivity index (χ2n) is 8.61. The van der Waals surface area contributed by atoms with Crippen LogP contribution < -0.4 is 9.64 Å². The van der Waals surface area contributed by atoms with Crippen molar-refractivity contribution in [2.45, 2.75) is 57.4 Å². The Hall–Kier alpha value is -1.59. The maximum atomic E-state index is 11.9. The number of nitrogens with zero attached hydrogens (tertiary/aromatic N) is 3. The van der Waals surface area contributed by atoms with E-state index in [0.29, 0.717) is 6.42 Å². The van der Waals surface area contributed by atoms with Gasteiger partial charge in [-0.05, 0) is 37.3 Å². The number of aryl methyl sites for hydroxylation is 1. The van der Waals surface area contributed by atoms with Gasteiger partial charge in [-0.2, -0.15) is 0 Å². The lowest BCUT2D eigenvalue weighted by Gasteiger charge is -2.40. The summed E-state index contributed by atoms with van der Waals surface area (Å²) in [6.45, 7) is 6.71. The van der Waals surface area contributed by atoms with Crippen molar-refractivity contribution >= 4 is 11.6 Å². The lowest BCUT2D eigenvalue weighted by molar-refractivity contribution is -0.118. The van der Waals surface area contributed by atoms with Crippen molar-refractivity contribution in [3.05, 3.63) is 23.8 Å². The molecule has 0 N–H and O–H groups in total. The van der Waals surface area contributed by atoms with E-state index in [9.17, 15) is 4.79 Å². The summed E-state index contributed by atoms with van der Waals surface area (Å²) in [5, 5.41) is 0. The molecule has 2 fully saturated rings. The highest BCUT2D eigenvalue weighted by Gasteiger charge is 2.25. The summed E-state index contributed by atoms with van der Waals surface area (Å²) in [5.41, 5.74) is 2.25. The summed E-state index contributed by atoms with van der Waals surface area (Å²) in [4.78, 5) is 19.0. The Labute approximate surface area is 169 Å². The van der Waals surface area contributed by atoms with E-state index < -0.39 is 0 Å². The molecule has 4 rings (SSSR count). The van der Waals surface area contributed by atoms with Crippen molar-refractivity contribution in [2.75, 3.05) is 51.3 Å². The number of piperazine rings is 1. The van der Waals surface area contributed by atoms with E-state index in [4.69, 9.17) is 4.74 Å². The molecule has 28 heavy (non-hydrogen) atoms. The summed E-state index contributed by atoms with van der Waals surface area (Å²) in [5.74, 6) is 1.07. The van der Waals surface area contributed by atoms with Gasteiger partial charge in [0.15, 0.2) is 0 Å². The molecule has 0 radical (unpaired) electrons. The fourth-order valence-corrected chi connectivity index (χ4v) is 4.98. The van der Waals surface area contributed by atoms with E-state index in [0.717, 1.165) is 43.5 Å². The van der Waals surface area contributed by atoms with Crippen LogP contribution in [0.25, 0.3) is 0 Å². The monoisotopic (exact) mass is 385 g/mol. The molecule has 0 bridgehead atoms. The highest BCUT2D eigenvalue weighted by Crippen LogP contribution is 2.30. The largest absolute Gasteiger partial charge is 0.493 e. The first-order chi connectivity index (χ1) is 13.7. The zero-order valence-corrected chi connectivity index (χ0v) is 17.4. The number of carbonyl (C=O) groups is 1. The van der Waals surface area contributed by atoms with Crippen molar-refractivity contribution in [3.8, 4) is 5.75 Å². The number of fused-ring (bicyclic) bond motifs is 1. The summed E-state index contributed by atoms with van der Waals surface area (Å²) < 4.78 is 5.99. The van der Waals surface area contributed by atoms with Crippen LogP contribution in [0.2, 0.25) is 0 Å². The highest BCUT2D eigenvalue weighted by molar-refractivity contribution is 5.96. The van der Waals surface area contributed by atoms with Crippen molar-refractivity contribution in [1.82, 2.24) is 9.80 Å². The summed E-state index contributed by atoms with van der Waals surface area (Å²) in [7, 11) is 1.86. The molecule has 5 heteroatoms. The molecule has 1 saturated heterocycles. The fourth-order valence-electron chi connectivity index (χ4n) is 4.98. The van der Waals surface area contributed by atoms with Gasteiger partial charge in [0.05, 0.1) is 12.3 Å². The fraction of sp³-hybridized carbons (Fsp3) is 0.696. The van der Waals surface area contributed by atoms with Crippen molar-refractivity contribution in [1.29, 1.82) is 0 Å². The molecule has 2 aliphatic heterocycles. The molecule has 0 aromatic heterocycles. The Kier molecular flexibility index (Phi) is 6.53. The van der Waals surface area contributed by atoms with Gasteiger partial charge in [0.1, 0.15) is 5.75 Å². The Morgan fingerprint density at radius 2 is 1.82 bits per heavy atom. The average Bonchev–Trinajstić information content (AvgIpc) is 2.75. The topological polar surface area (TPSA) is 36.0 Å². The minimum atomic E-state index is 0.192. The van der Waals surface area contributed by atoms with Crippen LogP contribution in [-0.2, 0) is 11.2 Å². The highest BCUT2D eigenvalue weighted by atomic mass is 16.5. The molecule has 1 amide bonds. The first-order valence-electron chi connectivity index (χ1n) is 11.2. The third-order valence-corrected chi connectivity index (χ3v) is 6.79. The molecule has 1 aromatic carbocycles. The molecule has 1 aliphatic carbocycles. The Balaban J connectivity index is 1.17. The summed E-state index contributed by atoms with van der Waals surface area (Å²) in [6.07, 6.45) is 9.61. The van der Waals surface area contributed by atoms with Crippen LogP contribution in [0.5, 0.6) is 5.75 Å². The quantitative estimate of drug-likeness (QED) is 0.704. The number of ether oxygens (including phenoxy) is 1. The van der Waals surface area contributed by atoms with E-state index in [1.165, 1.54) is 63.8 Å². The maximum absolute atomic E-state index is 11.9. The van der Waals surface area contributed by atoms with Crippen LogP contribution in [0.15, 0.2) is 18.2 Å². The molecule has 3 aliphatic rings. The molecular weight excluding hydrogens is 350 g/mol. The van der Waals surface area contributed by atoms with Gasteiger partial charge < -0.3 is 14.5 Å². The van der Waals surface area contributed by atoms with E-state index in [-0.39, 0.29) is 5.91 Å². The van der Waals surface area contributed by atoms with Gasteiger partial charge in [0.25, 0.3) is 0 Å². The third kappa shape index (κ3) is 4.69. The van der Waals surface area contributed by atoms with Crippen LogP contribution in [0.3, 0.4) is 0 Å². The molecule has 5 nitrogen and oxygen atoms in total. The lowest BCUT2D eigenvalue weighted by atomic mass is 9.94. The van der Waals surface area contributed by atoms with Crippen LogP contribution in [0.4, 0.5) is 5.69 Å². The SMILES string of the molecule is CN1C(=O)CCc2ccc(OCCCN3CCN(C4CCCCC4)CC3)cc21. The van der Waals surface area contributed by atoms with E-state index in [2.05, 4.69) is 15.9 Å². The van der Waals surface area contributed by atoms with Crippen molar-refractivity contribution < 1.29 is 9.53 Å². The normalized spacial score (nSPS) is 22.3. The van der Waals surface area contributed by atoms with Crippen molar-refractivity contribution in [3.63, 3.8) is 0 Å². The number of amides is 1. The van der Waals surface area contributed by atoms with Gasteiger partial charge in [-0.3, -0.25) is 9.69 Å². The number of benzene rings is 1. The third-order valence-electron chi connectivity index (χ3n) is 6.79. The number of hydrogen-bond donors (Lipinski definition) is 0. The van der Waals surface area contributed by atoms with E-state index in [1.54, 1.807) is 4.90 Å². The van der Waals surface area contributed by atoms with Crippen LogP contribution in [0, 0.1) is 0 Å². The average molecular weight is 386 g/mol. The molecular formula is C23H35N3O2. The molecule has 0 unspecified atom stereocenters. The number of rotatable bonds is 6. The minimum absolute atomic E-state index is 0.192. The van der Waals surface area contributed by atoms with Crippen molar-refractivity contribution in [2.24, 2.45) is 0 Å². The molecule has 1 saturated carbocycles. The summed E-state index contributed by atoms with van der Waals surface area (Å²) in [6, 6.07) is 7.03. The standard InChI is InChI=1S/C23H35N3O2/c1-24-22-18-21(10-8-19(22)9-11-23(24)27)28-17-5-12-25-13-15-26(16-14-25)20-6-3-2-4-7-20/h8,10,18,20H,2-7,9,11-17H2,1H3. The number of carbonyl (C=O) groups excluding carboxylic acids is 1. The second-order valence-corrected chi connectivity index (χ2v) is 8.61. The molecule has 1 aromatic rings. The number of hydrogen-bond acceptors (Lipinski definition) is 4. The van der Waals surface area contributed by atoms with Crippen LogP contribution in [0.1, 0.15) is 50.5 Å². The smallest absolute Gasteiger partial charge is 0.227 e. The molecule has 2 heterocycles. The Morgan fingerprint density at radius 3 is 2.61 bits per heavy atom. The second kappa shape index (κ2) is 9.27. The Bertz CT molecular complexity index is 664. The van der Waals surface area contributed by atoms with E-state index >= 15 is 0 Å². The van der Waals surface area contributed by atoms with Gasteiger partial charge in [-0.1, -0.05) is 25.3 Å². The molecule has 154 valence electrons. The first kappa shape index (κ1) is 19.7. The zero-order chi connectivity index (χ0) is 19.3. The lowest BCUT2D eigenvalue weighted by Crippen LogP contribution is -2.50. The predicted molar refractivity (Wildman–Crippen MR) is 113 cm³/mol. The van der Waals surface area contributed by atoms with Gasteiger partial charge in [-0.15, -0.1) is 0 Å². The molecule has 0 spiro atoms. The van der Waals surface area contributed by atoms with Crippen LogP contribution in [-0.4, -0.2) is 68.1 Å². The van der Waals surface area contributed by atoms with Gasteiger partial charge >= 0.3 is 0 Å². The van der Waals surface area contributed by atoms with Crippen LogP contribution >= 0.6 is 0 Å². The maximum Gasteiger partial charge on any atom is 0.227 e. The van der Waals surface area contributed by atoms with Gasteiger partial charge in [0.2, 0.25) is 5.91 Å². The van der Waals surface area contributed by atoms with Gasteiger partial charge in [0, 0.05) is 58.3 Å². The minimum Gasteiger partial charge on any atom is -0.493 e.